The van der Waals surface area contributed by atoms with Crippen molar-refractivity contribution in [3.05, 3.63) is 44.7 Å². The summed E-state index contributed by atoms with van der Waals surface area (Å²) in [7, 11) is -3.83. The average Bonchev–Trinajstić information content (AvgIpc) is 2.83. The molecule has 2 aromatic rings. The fourth-order valence-corrected chi connectivity index (χ4v) is 4.48. The molecule has 9 heteroatoms. The van der Waals surface area contributed by atoms with Gasteiger partial charge < -0.3 is 5.11 Å². The van der Waals surface area contributed by atoms with Crippen LogP contribution in [0.4, 0.5) is 5.69 Å². The molecule has 0 saturated carbocycles. The van der Waals surface area contributed by atoms with Crippen molar-refractivity contribution in [3.8, 4) is 0 Å². The molecule has 1 heterocycles. The number of carboxylic acid groups (broad SMARTS) is 1. The van der Waals surface area contributed by atoms with Crippen LogP contribution in [0.1, 0.15) is 9.67 Å². The summed E-state index contributed by atoms with van der Waals surface area (Å²) in [5.74, 6) is -1.16. The number of anilines is 1. The molecule has 20 heavy (non-hydrogen) atoms. The van der Waals surface area contributed by atoms with E-state index in [4.69, 9.17) is 16.7 Å². The Morgan fingerprint density at radius 1 is 1.30 bits per heavy atom. The predicted octanol–water partition coefficient (Wildman–Crippen LogP) is 3.66. The molecule has 0 saturated heterocycles. The third kappa shape index (κ3) is 3.32. The van der Waals surface area contributed by atoms with Crippen LogP contribution in [0.15, 0.2) is 39.0 Å². The molecule has 0 bridgehead atoms. The lowest BCUT2D eigenvalue weighted by atomic mass is 10.3. The molecule has 0 aliphatic rings. The van der Waals surface area contributed by atoms with Gasteiger partial charge in [0.05, 0.1) is 5.69 Å². The number of hydrogen-bond donors (Lipinski definition) is 2. The highest BCUT2D eigenvalue weighted by Crippen LogP contribution is 2.29. The maximum atomic E-state index is 12.1. The molecule has 0 spiro atoms. The third-order valence-electron chi connectivity index (χ3n) is 2.23. The number of hydrogen-bond acceptors (Lipinski definition) is 4. The van der Waals surface area contributed by atoms with Crippen LogP contribution in [0.5, 0.6) is 0 Å². The molecule has 0 fully saturated rings. The van der Waals surface area contributed by atoms with Gasteiger partial charge in [0, 0.05) is 9.50 Å². The molecule has 0 atom stereocenters. The van der Waals surface area contributed by atoms with Gasteiger partial charge in [0.1, 0.15) is 9.09 Å². The highest BCUT2D eigenvalue weighted by Gasteiger charge is 2.20. The monoisotopic (exact) mass is 395 g/mol. The number of benzene rings is 1. The van der Waals surface area contributed by atoms with Crippen molar-refractivity contribution in [1.82, 2.24) is 0 Å². The average molecular weight is 397 g/mol. The second kappa shape index (κ2) is 5.72. The van der Waals surface area contributed by atoms with Crippen LogP contribution in [-0.2, 0) is 10.0 Å². The summed E-state index contributed by atoms with van der Waals surface area (Å²) in [6.45, 7) is 0. The van der Waals surface area contributed by atoms with Crippen molar-refractivity contribution in [2.75, 3.05) is 4.72 Å². The van der Waals surface area contributed by atoms with Crippen LogP contribution < -0.4 is 4.72 Å². The Balaban J connectivity index is 2.33. The summed E-state index contributed by atoms with van der Waals surface area (Å²) in [5.41, 5.74) is 0.319. The van der Waals surface area contributed by atoms with E-state index in [1.54, 1.807) is 12.1 Å². The Morgan fingerprint density at radius 2 is 2.00 bits per heavy atom. The van der Waals surface area contributed by atoms with Gasteiger partial charge in [-0.1, -0.05) is 11.6 Å². The summed E-state index contributed by atoms with van der Waals surface area (Å²) >= 11 is 9.66. The lowest BCUT2D eigenvalue weighted by Gasteiger charge is -2.08. The Kier molecular flexibility index (Phi) is 4.38. The summed E-state index contributed by atoms with van der Waals surface area (Å²) in [5, 5.41) is 9.26. The molecular weight excluding hydrogens is 390 g/mol. The number of carbonyl (C=O) groups is 1. The van der Waals surface area contributed by atoms with E-state index in [9.17, 15) is 13.2 Å². The van der Waals surface area contributed by atoms with Crippen LogP contribution in [-0.4, -0.2) is 19.5 Å². The first kappa shape index (κ1) is 15.3. The van der Waals surface area contributed by atoms with Gasteiger partial charge in [0.15, 0.2) is 0 Å². The molecule has 2 rings (SSSR count). The summed E-state index contributed by atoms with van der Waals surface area (Å²) in [6, 6.07) is 7.10. The van der Waals surface area contributed by atoms with Crippen molar-refractivity contribution in [2.24, 2.45) is 0 Å². The summed E-state index contributed by atoms with van der Waals surface area (Å²) in [6.07, 6.45) is 0. The second-order valence-electron chi connectivity index (χ2n) is 3.65. The molecule has 106 valence electrons. The fraction of sp³-hybridized carbons (Fsp3) is 0. The van der Waals surface area contributed by atoms with E-state index in [0.717, 1.165) is 0 Å². The molecule has 0 amide bonds. The van der Waals surface area contributed by atoms with E-state index in [-0.39, 0.29) is 9.09 Å². The van der Waals surface area contributed by atoms with Crippen LogP contribution in [0, 0.1) is 0 Å². The lowest BCUT2D eigenvalue weighted by Crippen LogP contribution is -2.11. The highest BCUT2D eigenvalue weighted by atomic mass is 79.9. The van der Waals surface area contributed by atoms with Gasteiger partial charge in [0.2, 0.25) is 0 Å². The SMILES string of the molecule is O=C(O)c1ccc(S(=O)(=O)Nc2ccc(Cl)cc2Br)s1. The minimum atomic E-state index is -3.83. The minimum Gasteiger partial charge on any atom is -0.477 e. The number of aromatic carboxylic acids is 1. The standard InChI is InChI=1S/C11H7BrClNO4S2/c12-7-5-6(13)1-2-8(7)14-20(17,18)10-4-3-9(19-10)11(15)16/h1-5,14H,(H,15,16). The van der Waals surface area contributed by atoms with E-state index in [0.29, 0.717) is 26.5 Å². The predicted molar refractivity (Wildman–Crippen MR) is 81.2 cm³/mol. The summed E-state index contributed by atoms with van der Waals surface area (Å²) < 4.78 is 27.0. The molecular formula is C11H7BrClNO4S2. The molecule has 5 nitrogen and oxygen atoms in total. The van der Waals surface area contributed by atoms with Gasteiger partial charge >= 0.3 is 5.97 Å². The van der Waals surface area contributed by atoms with Gasteiger partial charge in [-0.15, -0.1) is 11.3 Å². The van der Waals surface area contributed by atoms with E-state index in [1.807, 2.05) is 0 Å². The molecule has 0 aliphatic carbocycles. The van der Waals surface area contributed by atoms with Gasteiger partial charge in [-0.2, -0.15) is 0 Å². The topological polar surface area (TPSA) is 83.5 Å². The Morgan fingerprint density at radius 3 is 2.55 bits per heavy atom. The van der Waals surface area contributed by atoms with Crippen LogP contribution in [0.3, 0.4) is 0 Å². The quantitative estimate of drug-likeness (QED) is 0.826. The number of sulfonamides is 1. The van der Waals surface area contributed by atoms with E-state index in [1.165, 1.54) is 18.2 Å². The van der Waals surface area contributed by atoms with Gasteiger partial charge in [-0.25, -0.2) is 13.2 Å². The van der Waals surface area contributed by atoms with Crippen LogP contribution >= 0.6 is 38.9 Å². The molecule has 0 unspecified atom stereocenters. The fourth-order valence-electron chi connectivity index (χ4n) is 1.35. The first-order chi connectivity index (χ1) is 9.29. The minimum absolute atomic E-state index is 0.0412. The maximum absolute atomic E-state index is 12.1. The molecule has 0 radical (unpaired) electrons. The van der Waals surface area contributed by atoms with Crippen LogP contribution in [0.2, 0.25) is 5.02 Å². The number of nitrogens with one attached hydrogen (secondary N) is 1. The van der Waals surface area contributed by atoms with Gasteiger partial charge in [0.25, 0.3) is 10.0 Å². The smallest absolute Gasteiger partial charge is 0.345 e. The Labute approximate surface area is 132 Å². The van der Waals surface area contributed by atoms with Gasteiger partial charge in [-0.05, 0) is 46.3 Å². The number of carboxylic acids is 1. The van der Waals surface area contributed by atoms with E-state index >= 15 is 0 Å². The second-order valence-corrected chi connectivity index (χ2v) is 7.94. The van der Waals surface area contributed by atoms with Crippen molar-refractivity contribution in [1.29, 1.82) is 0 Å². The maximum Gasteiger partial charge on any atom is 0.345 e. The highest BCUT2D eigenvalue weighted by molar-refractivity contribution is 9.10. The van der Waals surface area contributed by atoms with E-state index < -0.39 is 16.0 Å². The summed E-state index contributed by atoms with van der Waals surface area (Å²) in [4.78, 5) is 10.7. The number of halogens is 2. The molecule has 1 aromatic heterocycles. The first-order valence-corrected chi connectivity index (χ1v) is 8.57. The number of rotatable bonds is 4. The van der Waals surface area contributed by atoms with Crippen molar-refractivity contribution in [2.45, 2.75) is 4.21 Å². The lowest BCUT2D eigenvalue weighted by molar-refractivity contribution is 0.0702. The zero-order valence-electron chi connectivity index (χ0n) is 9.63. The molecule has 0 aliphatic heterocycles. The molecule has 2 N–H and O–H groups in total. The van der Waals surface area contributed by atoms with Crippen molar-refractivity contribution < 1.29 is 18.3 Å². The molecule has 1 aromatic carbocycles. The zero-order valence-corrected chi connectivity index (χ0v) is 13.6. The van der Waals surface area contributed by atoms with Crippen molar-refractivity contribution >= 4 is 60.5 Å². The van der Waals surface area contributed by atoms with E-state index in [2.05, 4.69) is 20.7 Å². The van der Waals surface area contributed by atoms with Crippen LogP contribution in [0.25, 0.3) is 0 Å². The Hall–Kier alpha value is -1.09. The zero-order chi connectivity index (χ0) is 14.9. The van der Waals surface area contributed by atoms with Crippen molar-refractivity contribution in [3.63, 3.8) is 0 Å². The van der Waals surface area contributed by atoms with Gasteiger partial charge in [-0.3, -0.25) is 4.72 Å². The Bertz CT molecular complexity index is 772. The third-order valence-corrected chi connectivity index (χ3v) is 6.05. The normalized spacial score (nSPS) is 11.3. The first-order valence-electron chi connectivity index (χ1n) is 5.10. The number of thiophene rings is 1. The largest absolute Gasteiger partial charge is 0.477 e.